The van der Waals surface area contributed by atoms with Gasteiger partial charge in [0.05, 0.1) is 22.2 Å². The van der Waals surface area contributed by atoms with Gasteiger partial charge in [-0.05, 0) is 37.3 Å². The van der Waals surface area contributed by atoms with Gasteiger partial charge in [0.15, 0.2) is 10.8 Å². The number of hydrogen-bond acceptors (Lipinski definition) is 6. The average Bonchev–Trinajstić information content (AvgIpc) is 3.20. The number of carbonyl (C=O) groups excluding carboxylic acids is 1. The topological polar surface area (TPSA) is 102 Å². The van der Waals surface area contributed by atoms with E-state index in [1.54, 1.807) is 11.6 Å². The maximum atomic E-state index is 12.6. The number of ether oxygens (including phenoxy) is 1. The molecule has 0 aliphatic carbocycles. The number of benzene rings is 2. The third-order valence-corrected chi connectivity index (χ3v) is 5.77. The number of H-pyrrole nitrogens is 1. The molecule has 12 heteroatoms. The Labute approximate surface area is 194 Å². The van der Waals surface area contributed by atoms with Gasteiger partial charge < -0.3 is 15.0 Å². The van der Waals surface area contributed by atoms with Crippen LogP contribution in [0.3, 0.4) is 0 Å². The Morgan fingerprint density at radius 3 is 2.70 bits per heavy atom. The SMILES string of the molecule is C[C@@H](Sc1nc2c(cnn2-c2ccccc2)c(=O)[nH]1)C(=O)Nc1ccc(OC(F)F)c(Cl)c1. The molecule has 33 heavy (non-hydrogen) atoms. The van der Waals surface area contributed by atoms with Gasteiger partial charge in [0, 0.05) is 5.69 Å². The minimum absolute atomic E-state index is 0.0703. The second-order valence-corrected chi connectivity index (χ2v) is 8.51. The fourth-order valence-corrected chi connectivity index (χ4v) is 3.96. The van der Waals surface area contributed by atoms with E-state index in [-0.39, 0.29) is 21.5 Å². The number of aromatic amines is 1. The van der Waals surface area contributed by atoms with Crippen molar-refractivity contribution in [3.8, 4) is 11.4 Å². The highest BCUT2D eigenvalue weighted by molar-refractivity contribution is 8.00. The van der Waals surface area contributed by atoms with Gasteiger partial charge in [-0.2, -0.15) is 13.9 Å². The van der Waals surface area contributed by atoms with Gasteiger partial charge >= 0.3 is 6.61 Å². The molecule has 0 unspecified atom stereocenters. The second-order valence-electron chi connectivity index (χ2n) is 6.77. The number of nitrogens with one attached hydrogen (secondary N) is 2. The molecule has 0 radical (unpaired) electrons. The van der Waals surface area contributed by atoms with Gasteiger partial charge in [0.25, 0.3) is 5.56 Å². The molecule has 4 rings (SSSR count). The maximum absolute atomic E-state index is 12.6. The summed E-state index contributed by atoms with van der Waals surface area (Å²) in [7, 11) is 0. The van der Waals surface area contributed by atoms with E-state index in [4.69, 9.17) is 11.6 Å². The van der Waals surface area contributed by atoms with Crippen molar-refractivity contribution in [2.45, 2.75) is 23.9 Å². The lowest BCUT2D eigenvalue weighted by Crippen LogP contribution is -2.23. The van der Waals surface area contributed by atoms with Crippen molar-refractivity contribution in [2.24, 2.45) is 0 Å². The second kappa shape index (κ2) is 9.59. The van der Waals surface area contributed by atoms with Gasteiger partial charge in [-0.1, -0.05) is 41.6 Å². The van der Waals surface area contributed by atoms with Crippen LogP contribution in [0.25, 0.3) is 16.7 Å². The number of carbonyl (C=O) groups is 1. The number of thioether (sulfide) groups is 1. The largest absolute Gasteiger partial charge is 0.433 e. The van der Waals surface area contributed by atoms with Crippen LogP contribution in [0.4, 0.5) is 14.5 Å². The van der Waals surface area contributed by atoms with Crippen LogP contribution < -0.4 is 15.6 Å². The number of rotatable bonds is 7. The van der Waals surface area contributed by atoms with Crippen LogP contribution in [0.1, 0.15) is 6.92 Å². The van der Waals surface area contributed by atoms with Gasteiger partial charge in [0.2, 0.25) is 5.91 Å². The van der Waals surface area contributed by atoms with E-state index in [9.17, 15) is 18.4 Å². The first-order chi connectivity index (χ1) is 15.8. The Kier molecular flexibility index (Phi) is 6.61. The smallest absolute Gasteiger partial charge is 0.387 e. The molecular weight excluding hydrogens is 476 g/mol. The van der Waals surface area contributed by atoms with E-state index in [0.29, 0.717) is 16.7 Å². The number of alkyl halides is 2. The van der Waals surface area contributed by atoms with E-state index in [1.807, 2.05) is 30.3 Å². The molecule has 0 bridgehead atoms. The molecule has 1 atom stereocenters. The number of amides is 1. The Balaban J connectivity index is 1.51. The molecule has 8 nitrogen and oxygen atoms in total. The van der Waals surface area contributed by atoms with Crippen LogP contribution in [-0.4, -0.2) is 37.5 Å². The van der Waals surface area contributed by atoms with Crippen molar-refractivity contribution < 1.29 is 18.3 Å². The van der Waals surface area contributed by atoms with Crippen molar-refractivity contribution in [3.05, 3.63) is 70.1 Å². The minimum Gasteiger partial charge on any atom is -0.433 e. The van der Waals surface area contributed by atoms with E-state index in [2.05, 4.69) is 25.1 Å². The maximum Gasteiger partial charge on any atom is 0.387 e. The number of para-hydroxylation sites is 1. The first-order valence-corrected chi connectivity index (χ1v) is 10.8. The molecule has 170 valence electrons. The summed E-state index contributed by atoms with van der Waals surface area (Å²) >= 11 is 6.97. The Morgan fingerprint density at radius 2 is 2.00 bits per heavy atom. The van der Waals surface area contributed by atoms with E-state index in [1.165, 1.54) is 24.4 Å². The molecule has 1 amide bonds. The molecule has 0 saturated carbocycles. The molecule has 0 spiro atoms. The summed E-state index contributed by atoms with van der Waals surface area (Å²) in [5.41, 5.74) is 1.03. The van der Waals surface area contributed by atoms with E-state index in [0.717, 1.165) is 17.4 Å². The predicted molar refractivity (Wildman–Crippen MR) is 122 cm³/mol. The van der Waals surface area contributed by atoms with Crippen molar-refractivity contribution in [1.29, 1.82) is 0 Å². The van der Waals surface area contributed by atoms with Crippen LogP contribution in [0.15, 0.2) is 64.7 Å². The lowest BCUT2D eigenvalue weighted by atomic mass is 10.3. The zero-order valence-corrected chi connectivity index (χ0v) is 18.5. The van der Waals surface area contributed by atoms with Crippen LogP contribution in [0.2, 0.25) is 5.02 Å². The highest BCUT2D eigenvalue weighted by atomic mass is 35.5. The molecule has 2 N–H and O–H groups in total. The fraction of sp³-hybridized carbons (Fsp3) is 0.143. The average molecular weight is 492 g/mol. The van der Waals surface area contributed by atoms with Crippen molar-refractivity contribution in [2.75, 3.05) is 5.32 Å². The first-order valence-electron chi connectivity index (χ1n) is 9.57. The summed E-state index contributed by atoms with van der Waals surface area (Å²) in [6.07, 6.45) is 1.43. The van der Waals surface area contributed by atoms with Crippen molar-refractivity contribution >= 4 is 46.0 Å². The number of nitrogens with zero attached hydrogens (tertiary/aromatic N) is 3. The molecule has 0 saturated heterocycles. The number of anilines is 1. The zero-order chi connectivity index (χ0) is 23.5. The number of aromatic nitrogens is 4. The summed E-state index contributed by atoms with van der Waals surface area (Å²) < 4.78 is 30.5. The van der Waals surface area contributed by atoms with Gasteiger partial charge in [-0.3, -0.25) is 9.59 Å². The summed E-state index contributed by atoms with van der Waals surface area (Å²) in [6, 6.07) is 13.2. The standard InChI is InChI=1S/C21H16ClF2N5O3S/c1-11(18(30)26-12-7-8-16(15(22)9-12)32-20(23)24)33-21-27-17-14(19(31)28-21)10-25-29(17)13-5-3-2-4-6-13/h2-11,20H,1H3,(H,26,30)(H,27,28,31)/t11-/m1/s1. The van der Waals surface area contributed by atoms with Gasteiger partial charge in [-0.15, -0.1) is 0 Å². The lowest BCUT2D eigenvalue weighted by molar-refractivity contribution is -0.115. The van der Waals surface area contributed by atoms with E-state index < -0.39 is 17.8 Å². The van der Waals surface area contributed by atoms with Crippen LogP contribution >= 0.6 is 23.4 Å². The first kappa shape index (κ1) is 22.7. The normalized spacial score (nSPS) is 12.2. The monoisotopic (exact) mass is 491 g/mol. The van der Waals surface area contributed by atoms with Crippen molar-refractivity contribution in [1.82, 2.24) is 19.7 Å². The molecule has 4 aromatic rings. The summed E-state index contributed by atoms with van der Waals surface area (Å²) in [6.45, 7) is -1.38. The third kappa shape index (κ3) is 5.15. The Hall–Kier alpha value is -3.44. The van der Waals surface area contributed by atoms with Crippen LogP contribution in [0, 0.1) is 0 Å². The molecule has 0 aliphatic heterocycles. The fourth-order valence-electron chi connectivity index (χ4n) is 2.95. The Morgan fingerprint density at radius 1 is 1.24 bits per heavy atom. The van der Waals surface area contributed by atoms with Crippen LogP contribution in [-0.2, 0) is 4.79 Å². The van der Waals surface area contributed by atoms with Gasteiger partial charge in [0.1, 0.15) is 11.1 Å². The highest BCUT2D eigenvalue weighted by Crippen LogP contribution is 2.29. The number of hydrogen-bond donors (Lipinski definition) is 2. The van der Waals surface area contributed by atoms with E-state index >= 15 is 0 Å². The molecule has 0 aliphatic rings. The minimum atomic E-state index is -3.01. The summed E-state index contributed by atoms with van der Waals surface area (Å²) in [5, 5.41) is 6.72. The Bertz CT molecular complexity index is 1360. The molecule has 2 aromatic heterocycles. The molecule has 2 heterocycles. The highest BCUT2D eigenvalue weighted by Gasteiger charge is 2.19. The molecule has 0 fully saturated rings. The third-order valence-electron chi connectivity index (χ3n) is 4.49. The molecule has 2 aromatic carbocycles. The number of halogens is 3. The van der Waals surface area contributed by atoms with Gasteiger partial charge in [-0.25, -0.2) is 9.67 Å². The predicted octanol–water partition coefficient (Wildman–Crippen LogP) is 4.48. The number of fused-ring (bicyclic) bond motifs is 1. The quantitative estimate of drug-likeness (QED) is 0.292. The van der Waals surface area contributed by atoms with Crippen LogP contribution in [0.5, 0.6) is 5.75 Å². The molecular formula is C21H16ClF2N5O3S. The zero-order valence-electron chi connectivity index (χ0n) is 17.0. The lowest BCUT2D eigenvalue weighted by Gasteiger charge is -2.13. The summed E-state index contributed by atoms with van der Waals surface area (Å²) in [5.74, 6) is -0.602. The summed E-state index contributed by atoms with van der Waals surface area (Å²) in [4.78, 5) is 32.2. The van der Waals surface area contributed by atoms with Crippen molar-refractivity contribution in [3.63, 3.8) is 0 Å².